The highest BCUT2D eigenvalue weighted by Gasteiger charge is 2.39. The standard InChI is InChI=1S/C25H20Cl3F4N5O4/c1-12(41-13(2)38)23-33-19(34-37(23)17-5-3-4-16(29)20(17)27)11-36-22(28)21(14-6-8-15(26)9-7-14)35(24(36)40)10-18(39)25(30,31)32/h3-9,12,18,39H,10-11H2,1-2H3/t12-,18-/m0/s1. The molecular formula is C25H20Cl3F4N5O4. The molecule has 2 atom stereocenters. The normalized spacial score (nSPS) is 13.3. The Bertz CT molecular complexity index is 1650. The number of rotatable bonds is 8. The second kappa shape index (κ2) is 11.8. The van der Waals surface area contributed by atoms with Crippen molar-refractivity contribution < 1.29 is 32.2 Å². The molecule has 2 heterocycles. The fourth-order valence-corrected chi connectivity index (χ4v) is 4.68. The summed E-state index contributed by atoms with van der Waals surface area (Å²) in [4.78, 5) is 29.3. The largest absolute Gasteiger partial charge is 0.455 e. The van der Waals surface area contributed by atoms with Crippen LogP contribution in [0.4, 0.5) is 17.6 Å². The molecule has 16 heteroatoms. The fraction of sp³-hybridized carbons (Fsp3) is 0.280. The molecule has 0 amide bonds. The van der Waals surface area contributed by atoms with Gasteiger partial charge in [0.2, 0.25) is 0 Å². The van der Waals surface area contributed by atoms with E-state index in [-0.39, 0.29) is 38.8 Å². The second-order valence-electron chi connectivity index (χ2n) is 8.81. The van der Waals surface area contributed by atoms with E-state index in [2.05, 4.69) is 10.1 Å². The van der Waals surface area contributed by atoms with E-state index in [1.54, 1.807) is 0 Å². The van der Waals surface area contributed by atoms with Gasteiger partial charge in [-0.05, 0) is 31.2 Å². The first kappa shape index (κ1) is 30.6. The van der Waals surface area contributed by atoms with E-state index in [1.807, 2.05) is 0 Å². The first-order valence-corrected chi connectivity index (χ1v) is 12.9. The van der Waals surface area contributed by atoms with Crippen molar-refractivity contribution in [3.8, 4) is 16.9 Å². The molecule has 9 nitrogen and oxygen atoms in total. The van der Waals surface area contributed by atoms with Crippen LogP contribution in [0.3, 0.4) is 0 Å². The lowest BCUT2D eigenvalue weighted by Crippen LogP contribution is -2.37. The number of hydrogen-bond donors (Lipinski definition) is 1. The summed E-state index contributed by atoms with van der Waals surface area (Å²) in [6.07, 6.45) is -8.89. The van der Waals surface area contributed by atoms with Gasteiger partial charge in [-0.25, -0.2) is 18.9 Å². The van der Waals surface area contributed by atoms with Gasteiger partial charge < -0.3 is 9.84 Å². The van der Waals surface area contributed by atoms with Crippen molar-refractivity contribution in [3.05, 3.63) is 85.6 Å². The maximum Gasteiger partial charge on any atom is 0.416 e. The molecule has 0 saturated carbocycles. The van der Waals surface area contributed by atoms with Crippen LogP contribution in [0.2, 0.25) is 15.2 Å². The predicted octanol–water partition coefficient (Wildman–Crippen LogP) is 5.59. The Hall–Kier alpha value is -3.39. The molecule has 0 aliphatic rings. The highest BCUT2D eigenvalue weighted by Crippen LogP contribution is 2.32. The number of aromatic nitrogens is 5. The van der Waals surface area contributed by atoms with Gasteiger partial charge in [-0.3, -0.25) is 13.9 Å². The molecule has 0 aliphatic carbocycles. The van der Waals surface area contributed by atoms with E-state index < -0.39 is 49.0 Å². The summed E-state index contributed by atoms with van der Waals surface area (Å²) < 4.78 is 61.8. The monoisotopic (exact) mass is 635 g/mol. The Labute approximate surface area is 244 Å². The van der Waals surface area contributed by atoms with Gasteiger partial charge in [0.05, 0.1) is 24.5 Å². The first-order chi connectivity index (χ1) is 19.2. The molecule has 0 spiro atoms. The number of nitrogens with zero attached hydrogens (tertiary/aromatic N) is 5. The van der Waals surface area contributed by atoms with Gasteiger partial charge in [0.25, 0.3) is 0 Å². The number of hydrogen-bond acceptors (Lipinski definition) is 6. The zero-order valence-corrected chi connectivity index (χ0v) is 23.4. The van der Waals surface area contributed by atoms with Crippen molar-refractivity contribution in [1.29, 1.82) is 0 Å². The number of imidazole rings is 1. The van der Waals surface area contributed by atoms with Crippen molar-refractivity contribution in [2.45, 2.75) is 45.3 Å². The minimum atomic E-state index is -5.02. The van der Waals surface area contributed by atoms with Crippen molar-refractivity contribution in [2.24, 2.45) is 0 Å². The van der Waals surface area contributed by atoms with Crippen LogP contribution in [0.25, 0.3) is 16.9 Å². The Balaban J connectivity index is 1.86. The smallest absolute Gasteiger partial charge is 0.416 e. The van der Waals surface area contributed by atoms with E-state index in [0.29, 0.717) is 9.59 Å². The Morgan fingerprint density at radius 1 is 1.10 bits per heavy atom. The van der Waals surface area contributed by atoms with Gasteiger partial charge in [0.15, 0.2) is 23.9 Å². The SMILES string of the molecule is CC(=O)O[C@@H](C)c1nc(Cn2c(Cl)c(-c3ccc(Cl)cc3)n(C[C@H](O)C(F)(F)F)c2=O)nn1-c1cccc(F)c1Cl. The van der Waals surface area contributed by atoms with Crippen LogP contribution in [-0.2, 0) is 22.6 Å². The maximum atomic E-state index is 14.2. The third-order valence-electron chi connectivity index (χ3n) is 5.86. The van der Waals surface area contributed by atoms with Crippen molar-refractivity contribution in [2.75, 3.05) is 0 Å². The number of benzene rings is 2. The van der Waals surface area contributed by atoms with Gasteiger partial charge in [-0.2, -0.15) is 13.2 Å². The van der Waals surface area contributed by atoms with E-state index in [1.165, 1.54) is 50.2 Å². The van der Waals surface area contributed by atoms with Crippen LogP contribution >= 0.6 is 34.8 Å². The molecule has 0 fully saturated rings. The Morgan fingerprint density at radius 2 is 1.76 bits per heavy atom. The first-order valence-electron chi connectivity index (χ1n) is 11.8. The summed E-state index contributed by atoms with van der Waals surface area (Å²) in [5, 5.41) is 13.8. The Kier molecular flexibility index (Phi) is 8.83. The molecule has 4 rings (SSSR count). The highest BCUT2D eigenvalue weighted by molar-refractivity contribution is 6.33. The van der Waals surface area contributed by atoms with Crippen molar-refractivity contribution in [1.82, 2.24) is 23.9 Å². The Morgan fingerprint density at radius 3 is 2.37 bits per heavy atom. The number of esters is 1. The van der Waals surface area contributed by atoms with Gasteiger partial charge in [-0.15, -0.1) is 5.10 Å². The molecular weight excluding hydrogens is 617 g/mol. The summed E-state index contributed by atoms with van der Waals surface area (Å²) in [5.74, 6) is -1.50. The van der Waals surface area contributed by atoms with Crippen LogP contribution in [0.5, 0.6) is 0 Å². The molecule has 2 aromatic carbocycles. The van der Waals surface area contributed by atoms with Crippen LogP contribution in [0.15, 0.2) is 47.3 Å². The fourth-order valence-electron chi connectivity index (χ4n) is 4.01. The molecule has 0 radical (unpaired) electrons. The van der Waals surface area contributed by atoms with E-state index >= 15 is 0 Å². The molecule has 41 heavy (non-hydrogen) atoms. The van der Waals surface area contributed by atoms with Crippen molar-refractivity contribution >= 4 is 40.8 Å². The number of carbonyl (C=O) groups is 1. The number of aliphatic hydroxyl groups excluding tert-OH is 1. The maximum absolute atomic E-state index is 14.2. The second-order valence-corrected chi connectivity index (χ2v) is 9.98. The van der Waals surface area contributed by atoms with Crippen LogP contribution in [0.1, 0.15) is 31.6 Å². The molecule has 0 bridgehead atoms. The zero-order chi connectivity index (χ0) is 30.2. The lowest BCUT2D eigenvalue weighted by Gasteiger charge is -2.16. The van der Waals surface area contributed by atoms with E-state index in [0.717, 1.165) is 15.3 Å². The molecule has 4 aromatic rings. The van der Waals surface area contributed by atoms with E-state index in [4.69, 9.17) is 39.5 Å². The van der Waals surface area contributed by atoms with Gasteiger partial charge in [0.1, 0.15) is 16.0 Å². The topological polar surface area (TPSA) is 104 Å². The average Bonchev–Trinajstić information content (AvgIpc) is 3.40. The third-order valence-corrected chi connectivity index (χ3v) is 6.87. The molecule has 0 saturated heterocycles. The van der Waals surface area contributed by atoms with Gasteiger partial charge >= 0.3 is 17.8 Å². The minimum Gasteiger partial charge on any atom is -0.455 e. The summed E-state index contributed by atoms with van der Waals surface area (Å²) in [5.41, 5.74) is -0.819. The summed E-state index contributed by atoms with van der Waals surface area (Å²) in [7, 11) is 0. The molecule has 0 unspecified atom stereocenters. The highest BCUT2D eigenvalue weighted by atomic mass is 35.5. The quantitative estimate of drug-likeness (QED) is 0.200. The van der Waals surface area contributed by atoms with Gasteiger partial charge in [0, 0.05) is 17.5 Å². The van der Waals surface area contributed by atoms with Crippen LogP contribution < -0.4 is 5.69 Å². The third kappa shape index (κ3) is 6.43. The molecule has 2 aromatic heterocycles. The number of halogens is 7. The summed E-state index contributed by atoms with van der Waals surface area (Å²) >= 11 is 18.6. The summed E-state index contributed by atoms with van der Waals surface area (Å²) in [6, 6.07) is 9.71. The predicted molar refractivity (Wildman–Crippen MR) is 142 cm³/mol. The minimum absolute atomic E-state index is 0.0109. The van der Waals surface area contributed by atoms with Gasteiger partial charge in [-0.1, -0.05) is 53.0 Å². The number of ether oxygens (including phenoxy) is 1. The van der Waals surface area contributed by atoms with Crippen LogP contribution in [0, 0.1) is 5.82 Å². The average molecular weight is 637 g/mol. The lowest BCUT2D eigenvalue weighted by atomic mass is 10.1. The number of aliphatic hydroxyl groups is 1. The molecule has 0 aliphatic heterocycles. The number of alkyl halides is 3. The van der Waals surface area contributed by atoms with Crippen molar-refractivity contribution in [3.63, 3.8) is 0 Å². The summed E-state index contributed by atoms with van der Waals surface area (Å²) in [6.45, 7) is 1.03. The van der Waals surface area contributed by atoms with Crippen LogP contribution in [-0.4, -0.2) is 47.3 Å². The lowest BCUT2D eigenvalue weighted by molar-refractivity contribution is -0.207. The number of carbonyl (C=O) groups excluding carboxylic acids is 1. The molecule has 1 N–H and O–H groups in total. The zero-order valence-electron chi connectivity index (χ0n) is 21.2. The van der Waals surface area contributed by atoms with E-state index in [9.17, 15) is 32.3 Å². The molecule has 218 valence electrons.